The van der Waals surface area contributed by atoms with Gasteiger partial charge in [-0.1, -0.05) is 29.8 Å². The lowest BCUT2D eigenvalue weighted by Crippen LogP contribution is -2.44. The summed E-state index contributed by atoms with van der Waals surface area (Å²) in [6.45, 7) is 5.21. The minimum absolute atomic E-state index is 0.0275. The van der Waals surface area contributed by atoms with Crippen LogP contribution in [0.25, 0.3) is 11.2 Å². The molecule has 3 heterocycles. The number of nitrogens with one attached hydrogen (secondary N) is 1. The van der Waals surface area contributed by atoms with Crippen molar-refractivity contribution >= 4 is 22.9 Å². The number of amides is 1. The fraction of sp³-hybridized carbons (Fsp3) is 0.440. The molecular weight excluding hydrogens is 416 g/mol. The Morgan fingerprint density at radius 2 is 1.88 bits per heavy atom. The molecule has 0 bridgehead atoms. The summed E-state index contributed by atoms with van der Waals surface area (Å²) in [6.07, 6.45) is 3.10. The summed E-state index contributed by atoms with van der Waals surface area (Å²) in [5, 5.41) is 3.03. The van der Waals surface area contributed by atoms with Gasteiger partial charge < -0.3 is 15.1 Å². The number of piperidine rings is 1. The number of aryl methyl sites for hydroxylation is 1. The maximum Gasteiger partial charge on any atom is 0.295 e. The van der Waals surface area contributed by atoms with Crippen LogP contribution in [-0.2, 0) is 11.3 Å². The molecule has 1 saturated heterocycles. The third-order valence-corrected chi connectivity index (χ3v) is 6.17. The summed E-state index contributed by atoms with van der Waals surface area (Å²) in [7, 11) is 3.98. The highest BCUT2D eigenvalue weighted by molar-refractivity contribution is 5.79. The first-order valence-electron chi connectivity index (χ1n) is 11.5. The van der Waals surface area contributed by atoms with Gasteiger partial charge in [-0.25, -0.2) is 9.97 Å². The molecule has 0 spiro atoms. The molecule has 0 saturated carbocycles. The first kappa shape index (κ1) is 22.9. The summed E-state index contributed by atoms with van der Waals surface area (Å²) in [6, 6.07) is 11.9. The molecule has 3 aromatic rings. The average Bonchev–Trinajstić information content (AvgIpc) is 2.82. The molecule has 174 valence electrons. The van der Waals surface area contributed by atoms with Crippen LogP contribution in [0.4, 0.5) is 5.82 Å². The highest BCUT2D eigenvalue weighted by Crippen LogP contribution is 2.22. The molecule has 1 amide bonds. The molecule has 0 unspecified atom stereocenters. The van der Waals surface area contributed by atoms with Crippen LogP contribution in [0.15, 0.2) is 47.4 Å². The van der Waals surface area contributed by atoms with E-state index in [1.165, 1.54) is 5.56 Å². The number of anilines is 1. The number of hydrogen-bond acceptors (Lipinski definition) is 6. The fourth-order valence-corrected chi connectivity index (χ4v) is 4.19. The van der Waals surface area contributed by atoms with Crippen molar-refractivity contribution in [3.05, 3.63) is 64.1 Å². The second kappa shape index (κ2) is 10.1. The van der Waals surface area contributed by atoms with E-state index in [4.69, 9.17) is 0 Å². The lowest BCUT2D eigenvalue weighted by atomic mass is 9.96. The van der Waals surface area contributed by atoms with Crippen molar-refractivity contribution in [2.75, 3.05) is 45.2 Å². The van der Waals surface area contributed by atoms with Crippen LogP contribution in [0.2, 0.25) is 0 Å². The van der Waals surface area contributed by atoms with Crippen molar-refractivity contribution in [2.24, 2.45) is 5.92 Å². The summed E-state index contributed by atoms with van der Waals surface area (Å²) < 4.78 is 1.71. The minimum atomic E-state index is -0.143. The molecule has 33 heavy (non-hydrogen) atoms. The van der Waals surface area contributed by atoms with E-state index in [0.717, 1.165) is 12.1 Å². The average molecular weight is 449 g/mol. The zero-order chi connectivity index (χ0) is 23.4. The predicted octanol–water partition coefficient (Wildman–Crippen LogP) is 2.04. The Morgan fingerprint density at radius 1 is 1.15 bits per heavy atom. The fourth-order valence-electron chi connectivity index (χ4n) is 4.19. The molecule has 1 N–H and O–H groups in total. The minimum Gasteiger partial charge on any atom is -0.355 e. The van der Waals surface area contributed by atoms with E-state index in [0.29, 0.717) is 56.0 Å². The standard InChI is InChI=1S/C25H32N6O2/c1-18-6-8-19(9-7-18)17-31-22-21(5-4-12-26-22)28-23(25(31)33)30-14-10-20(11-15-30)24(32)27-13-16-29(2)3/h4-9,12,20H,10-11,13-17H2,1-3H3,(H,27,32). The lowest BCUT2D eigenvalue weighted by molar-refractivity contribution is -0.125. The van der Waals surface area contributed by atoms with E-state index in [1.807, 2.05) is 67.2 Å². The Hall–Kier alpha value is -3.26. The van der Waals surface area contributed by atoms with Crippen molar-refractivity contribution in [3.63, 3.8) is 0 Å². The van der Waals surface area contributed by atoms with E-state index in [2.05, 4.69) is 15.3 Å². The smallest absolute Gasteiger partial charge is 0.295 e. The molecular formula is C25H32N6O2. The second-order valence-corrected chi connectivity index (χ2v) is 9.01. The van der Waals surface area contributed by atoms with Gasteiger partial charge in [0.05, 0.1) is 6.54 Å². The summed E-state index contributed by atoms with van der Waals surface area (Å²) in [5.41, 5.74) is 3.36. The van der Waals surface area contributed by atoms with Gasteiger partial charge in [-0.2, -0.15) is 0 Å². The van der Waals surface area contributed by atoms with Gasteiger partial charge in [-0.05, 0) is 51.6 Å². The van der Waals surface area contributed by atoms with Gasteiger partial charge in [-0.3, -0.25) is 14.2 Å². The molecule has 8 heteroatoms. The van der Waals surface area contributed by atoms with E-state index >= 15 is 0 Å². The van der Waals surface area contributed by atoms with Crippen LogP contribution in [0.3, 0.4) is 0 Å². The Kier molecular flexibility index (Phi) is 7.03. The number of rotatable bonds is 7. The van der Waals surface area contributed by atoms with Crippen molar-refractivity contribution in [3.8, 4) is 0 Å². The first-order valence-corrected chi connectivity index (χ1v) is 11.5. The van der Waals surface area contributed by atoms with Crippen LogP contribution in [0.1, 0.15) is 24.0 Å². The van der Waals surface area contributed by atoms with E-state index < -0.39 is 0 Å². The normalized spacial score (nSPS) is 14.7. The molecule has 1 aliphatic rings. The largest absolute Gasteiger partial charge is 0.355 e. The van der Waals surface area contributed by atoms with E-state index in [9.17, 15) is 9.59 Å². The summed E-state index contributed by atoms with van der Waals surface area (Å²) in [5.74, 6) is 0.512. The number of likely N-dealkylation sites (N-methyl/N-ethyl adjacent to an activating group) is 1. The highest BCUT2D eigenvalue weighted by Gasteiger charge is 2.27. The van der Waals surface area contributed by atoms with E-state index in [1.54, 1.807) is 10.8 Å². The molecule has 2 aromatic heterocycles. The molecule has 1 aromatic carbocycles. The monoisotopic (exact) mass is 448 g/mol. The third-order valence-electron chi connectivity index (χ3n) is 6.17. The number of aromatic nitrogens is 3. The zero-order valence-corrected chi connectivity index (χ0v) is 19.6. The maximum absolute atomic E-state index is 13.5. The SMILES string of the molecule is Cc1ccc(Cn2c(=O)c(N3CCC(C(=O)NCCN(C)C)CC3)nc3cccnc32)cc1. The van der Waals surface area contributed by atoms with Gasteiger partial charge in [0.15, 0.2) is 11.5 Å². The Labute approximate surface area is 194 Å². The van der Waals surface area contributed by atoms with Gasteiger partial charge in [0.25, 0.3) is 5.56 Å². The van der Waals surface area contributed by atoms with Crippen LogP contribution in [0, 0.1) is 12.8 Å². The number of carbonyl (C=O) groups is 1. The number of benzene rings is 1. The van der Waals surface area contributed by atoms with Crippen molar-refractivity contribution in [1.29, 1.82) is 0 Å². The molecule has 4 rings (SSSR count). The molecule has 0 radical (unpaired) electrons. The lowest BCUT2D eigenvalue weighted by Gasteiger charge is -2.32. The first-order chi connectivity index (χ1) is 15.9. The topological polar surface area (TPSA) is 83.4 Å². The number of hydrogen-bond donors (Lipinski definition) is 1. The number of fused-ring (bicyclic) bond motifs is 1. The van der Waals surface area contributed by atoms with E-state index in [-0.39, 0.29) is 17.4 Å². The predicted molar refractivity (Wildman–Crippen MR) is 131 cm³/mol. The zero-order valence-electron chi connectivity index (χ0n) is 19.6. The number of carbonyl (C=O) groups excluding carboxylic acids is 1. The molecule has 1 fully saturated rings. The van der Waals surface area contributed by atoms with Crippen LogP contribution in [-0.4, -0.2) is 65.6 Å². The van der Waals surface area contributed by atoms with Gasteiger partial charge in [-0.15, -0.1) is 0 Å². The molecule has 1 aliphatic heterocycles. The highest BCUT2D eigenvalue weighted by atomic mass is 16.2. The Morgan fingerprint density at radius 3 is 2.58 bits per heavy atom. The van der Waals surface area contributed by atoms with Crippen molar-refractivity contribution in [2.45, 2.75) is 26.3 Å². The van der Waals surface area contributed by atoms with Crippen molar-refractivity contribution < 1.29 is 4.79 Å². The Bertz CT molecular complexity index is 1160. The van der Waals surface area contributed by atoms with Gasteiger partial charge >= 0.3 is 0 Å². The second-order valence-electron chi connectivity index (χ2n) is 9.01. The molecule has 8 nitrogen and oxygen atoms in total. The maximum atomic E-state index is 13.5. The van der Waals surface area contributed by atoms with Gasteiger partial charge in [0, 0.05) is 38.3 Å². The van der Waals surface area contributed by atoms with Crippen LogP contribution >= 0.6 is 0 Å². The number of pyridine rings is 1. The number of nitrogens with zero attached hydrogens (tertiary/aromatic N) is 5. The molecule has 0 aliphatic carbocycles. The van der Waals surface area contributed by atoms with Gasteiger partial charge in [0.1, 0.15) is 5.52 Å². The quantitative estimate of drug-likeness (QED) is 0.596. The van der Waals surface area contributed by atoms with Crippen LogP contribution < -0.4 is 15.8 Å². The van der Waals surface area contributed by atoms with Crippen LogP contribution in [0.5, 0.6) is 0 Å². The molecule has 0 atom stereocenters. The van der Waals surface area contributed by atoms with Crippen molar-refractivity contribution in [1.82, 2.24) is 24.8 Å². The summed E-state index contributed by atoms with van der Waals surface area (Å²) in [4.78, 5) is 39.2. The summed E-state index contributed by atoms with van der Waals surface area (Å²) >= 11 is 0. The third kappa shape index (κ3) is 5.39. The Balaban J connectivity index is 1.54. The van der Waals surface area contributed by atoms with Gasteiger partial charge in [0.2, 0.25) is 5.91 Å².